The van der Waals surface area contributed by atoms with Crippen molar-refractivity contribution in [2.24, 2.45) is 0 Å². The van der Waals surface area contributed by atoms with Gasteiger partial charge in [-0.2, -0.15) is 0 Å². The standard InChI is InChI=1S/2C6H8O7.3Ge/c2*7-3(8)1-6(13,5(11)12)2-4(9)10;;;/h2*13H,1-2H2,(H,7,8)(H,9,10)(H,11,12);;;/q;;3*+2/p-6. The van der Waals surface area contributed by atoms with Gasteiger partial charge in [0.15, 0.2) is 0 Å². The Kier molecular flexibility index (Phi) is 21.2. The van der Waals surface area contributed by atoms with Gasteiger partial charge in [0, 0.05) is 49.6 Å². The molecule has 14 nitrogen and oxygen atoms in total. The number of aliphatic hydroxyl groups is 2. The molecular weight excluding hydrogens is 586 g/mol. The van der Waals surface area contributed by atoms with E-state index in [1.54, 1.807) is 0 Å². The Bertz CT molecular complexity index is 521. The number of hydrogen-bond acceptors (Lipinski definition) is 14. The number of carbonyl (C=O) groups excluding carboxylic acids is 6. The number of carboxylic acid groups (broad SMARTS) is 6. The first kappa shape index (κ1) is 38.0. The van der Waals surface area contributed by atoms with E-state index in [0.717, 1.165) is 0 Å². The molecule has 0 spiro atoms. The Labute approximate surface area is 194 Å². The van der Waals surface area contributed by atoms with Crippen LogP contribution in [-0.4, -0.2) is 110 Å². The normalized spacial score (nSPS) is 9.72. The van der Waals surface area contributed by atoms with Crippen molar-refractivity contribution >= 4 is 88.6 Å². The minimum absolute atomic E-state index is 0. The van der Waals surface area contributed by atoms with Crippen molar-refractivity contribution in [3.63, 3.8) is 0 Å². The predicted molar refractivity (Wildman–Crippen MR) is 75.7 cm³/mol. The van der Waals surface area contributed by atoms with Gasteiger partial charge in [-0.1, -0.05) is 0 Å². The van der Waals surface area contributed by atoms with E-state index in [1.807, 2.05) is 0 Å². The van der Waals surface area contributed by atoms with Gasteiger partial charge < -0.3 is 69.6 Å². The summed E-state index contributed by atoms with van der Waals surface area (Å²) >= 11 is 0. The number of carbonyl (C=O) groups is 6. The van der Waals surface area contributed by atoms with Crippen LogP contribution in [-0.2, 0) is 28.8 Å². The Hall–Kier alpha value is -1.63. The summed E-state index contributed by atoms with van der Waals surface area (Å²) < 4.78 is 0. The Morgan fingerprint density at radius 2 is 0.621 bits per heavy atom. The summed E-state index contributed by atoms with van der Waals surface area (Å²) in [6.45, 7) is 0. The van der Waals surface area contributed by atoms with Gasteiger partial charge >= 0.3 is 52.8 Å². The molecule has 29 heavy (non-hydrogen) atoms. The molecule has 154 valence electrons. The second-order valence-electron chi connectivity index (χ2n) is 4.83. The van der Waals surface area contributed by atoms with Crippen molar-refractivity contribution in [2.75, 3.05) is 0 Å². The van der Waals surface area contributed by atoms with E-state index in [2.05, 4.69) is 0 Å². The van der Waals surface area contributed by atoms with E-state index in [0.29, 0.717) is 0 Å². The van der Waals surface area contributed by atoms with Gasteiger partial charge in [0.05, 0.1) is 11.9 Å². The zero-order valence-corrected chi connectivity index (χ0v) is 20.4. The van der Waals surface area contributed by atoms with Crippen molar-refractivity contribution in [3.8, 4) is 0 Å². The van der Waals surface area contributed by atoms with Crippen LogP contribution < -0.4 is 30.6 Å². The van der Waals surface area contributed by atoms with Crippen molar-refractivity contribution in [3.05, 3.63) is 0 Å². The van der Waals surface area contributed by atoms with Crippen LogP contribution in [0.2, 0.25) is 0 Å². The summed E-state index contributed by atoms with van der Waals surface area (Å²) in [6.07, 6.45) is -5.43. The van der Waals surface area contributed by atoms with Crippen molar-refractivity contribution in [2.45, 2.75) is 36.9 Å². The monoisotopic (exact) mass is 600 g/mol. The topological polar surface area (TPSA) is 281 Å². The molecule has 2 N–H and O–H groups in total. The number of aliphatic carboxylic acids is 6. The largest absolute Gasteiger partial charge is 2.00 e. The van der Waals surface area contributed by atoms with Gasteiger partial charge in [-0.05, 0) is 0 Å². The van der Waals surface area contributed by atoms with Gasteiger partial charge in [0.25, 0.3) is 0 Å². The van der Waals surface area contributed by atoms with Crippen LogP contribution in [0.3, 0.4) is 0 Å². The van der Waals surface area contributed by atoms with E-state index >= 15 is 0 Å². The molecule has 6 radical (unpaired) electrons. The van der Waals surface area contributed by atoms with Crippen molar-refractivity contribution < 1.29 is 69.6 Å². The fourth-order valence-electron chi connectivity index (χ4n) is 1.37. The first-order valence-corrected chi connectivity index (χ1v) is 6.23. The maximum absolute atomic E-state index is 10.1. The summed E-state index contributed by atoms with van der Waals surface area (Å²) in [5.41, 5.74) is -5.95. The molecular formula is C12H10Ge3O14. The summed E-state index contributed by atoms with van der Waals surface area (Å²) in [4.78, 5) is 60.0. The van der Waals surface area contributed by atoms with Crippen LogP contribution in [0.4, 0.5) is 0 Å². The molecule has 0 amide bonds. The predicted octanol–water partition coefficient (Wildman–Crippen LogP) is -11.6. The van der Waals surface area contributed by atoms with Gasteiger partial charge in [-0.15, -0.1) is 0 Å². The van der Waals surface area contributed by atoms with E-state index in [9.17, 15) is 59.4 Å². The fraction of sp³-hybridized carbons (Fsp3) is 0.500. The third-order valence-corrected chi connectivity index (χ3v) is 2.51. The molecule has 0 rings (SSSR count). The zero-order chi connectivity index (χ0) is 21.3. The van der Waals surface area contributed by atoms with Gasteiger partial charge in [-0.25, -0.2) is 0 Å². The summed E-state index contributed by atoms with van der Waals surface area (Å²) in [7, 11) is 0. The molecule has 0 aliphatic carbocycles. The molecule has 0 saturated heterocycles. The van der Waals surface area contributed by atoms with E-state index < -0.39 is 72.7 Å². The van der Waals surface area contributed by atoms with Crippen LogP contribution in [0.1, 0.15) is 25.7 Å². The molecule has 0 aromatic carbocycles. The maximum atomic E-state index is 10.1. The SMILES string of the molecule is O=C([O-])CC(O)(CC(=O)[O-])C(=O)[O-].O=C([O-])CC(O)(CC(=O)[O-])C(=O)[O-].[Ge+2].[Ge+2].[Ge+2]. The second-order valence-corrected chi connectivity index (χ2v) is 4.83. The first-order chi connectivity index (χ1) is 11.6. The fourth-order valence-corrected chi connectivity index (χ4v) is 1.37. The van der Waals surface area contributed by atoms with Crippen molar-refractivity contribution in [1.82, 2.24) is 0 Å². The van der Waals surface area contributed by atoms with E-state index in [-0.39, 0.29) is 52.8 Å². The molecule has 0 heterocycles. The average Bonchev–Trinajstić information content (AvgIpc) is 2.34. The van der Waals surface area contributed by atoms with Crippen molar-refractivity contribution in [1.29, 1.82) is 0 Å². The molecule has 0 bridgehead atoms. The van der Waals surface area contributed by atoms with E-state index in [4.69, 9.17) is 10.2 Å². The van der Waals surface area contributed by atoms with E-state index in [1.165, 1.54) is 0 Å². The van der Waals surface area contributed by atoms with Crippen LogP contribution in [0.15, 0.2) is 0 Å². The Balaban J connectivity index is -0.000000120. The van der Waals surface area contributed by atoms with Crippen LogP contribution >= 0.6 is 0 Å². The molecule has 17 heteroatoms. The smallest absolute Gasteiger partial charge is 0.550 e. The molecule has 0 aromatic rings. The third kappa shape index (κ3) is 17.0. The van der Waals surface area contributed by atoms with Crippen LogP contribution in [0.5, 0.6) is 0 Å². The van der Waals surface area contributed by atoms with Crippen LogP contribution in [0, 0.1) is 0 Å². The summed E-state index contributed by atoms with van der Waals surface area (Å²) in [6, 6.07) is 0. The summed E-state index contributed by atoms with van der Waals surface area (Å²) in [5.74, 6) is -12.0. The number of carboxylic acids is 6. The van der Waals surface area contributed by atoms with Gasteiger partial charge in [0.2, 0.25) is 0 Å². The quantitative estimate of drug-likeness (QED) is 0.222. The Morgan fingerprint density at radius 3 is 0.690 bits per heavy atom. The molecule has 0 aliphatic heterocycles. The molecule has 0 saturated carbocycles. The van der Waals surface area contributed by atoms with Gasteiger partial charge in [-0.3, -0.25) is 0 Å². The number of hydrogen-bond donors (Lipinski definition) is 2. The minimum Gasteiger partial charge on any atom is -0.550 e. The first-order valence-electron chi connectivity index (χ1n) is 6.23. The molecule has 0 fully saturated rings. The third-order valence-electron chi connectivity index (χ3n) is 2.51. The number of rotatable bonds is 10. The molecule has 0 aromatic heterocycles. The molecule has 0 unspecified atom stereocenters. The Morgan fingerprint density at radius 1 is 0.483 bits per heavy atom. The second kappa shape index (κ2) is 16.2. The summed E-state index contributed by atoms with van der Waals surface area (Å²) in [5, 5.41) is 77.9. The average molecular weight is 596 g/mol. The molecule has 0 atom stereocenters. The zero-order valence-electron chi connectivity index (χ0n) is 14.1. The van der Waals surface area contributed by atoms with Gasteiger partial charge in [0.1, 0.15) is 11.2 Å². The maximum Gasteiger partial charge on any atom is 2.00 e. The molecule has 0 aliphatic rings. The minimum atomic E-state index is -2.97. The van der Waals surface area contributed by atoms with Crippen LogP contribution in [0.25, 0.3) is 0 Å².